The van der Waals surface area contributed by atoms with E-state index in [0.29, 0.717) is 46.0 Å². The number of nitrogens with zero attached hydrogens (tertiary/aromatic N) is 2. The fourth-order valence-electron chi connectivity index (χ4n) is 4.45. The minimum absolute atomic E-state index is 0.0849. The van der Waals surface area contributed by atoms with Crippen molar-refractivity contribution >= 4 is 40.0 Å². The van der Waals surface area contributed by atoms with Gasteiger partial charge in [-0.2, -0.15) is 0 Å². The highest BCUT2D eigenvalue weighted by molar-refractivity contribution is 6.30. The van der Waals surface area contributed by atoms with Gasteiger partial charge >= 0.3 is 5.69 Å². The number of rotatable bonds is 8. The average Bonchev–Trinajstić information content (AvgIpc) is 2.95. The predicted molar refractivity (Wildman–Crippen MR) is 156 cm³/mol. The number of carbonyl (C=O) groups excluding carboxylic acids is 1. The second-order valence-electron chi connectivity index (χ2n) is 9.23. The Hall–Kier alpha value is -4.13. The van der Waals surface area contributed by atoms with Crippen molar-refractivity contribution in [1.82, 2.24) is 14.5 Å². The topological polar surface area (TPSA) is 73.1 Å². The van der Waals surface area contributed by atoms with E-state index in [9.17, 15) is 14.4 Å². The van der Waals surface area contributed by atoms with E-state index in [0.717, 1.165) is 16.7 Å². The van der Waals surface area contributed by atoms with Crippen LogP contribution in [-0.2, 0) is 19.5 Å². The zero-order valence-electron chi connectivity index (χ0n) is 20.9. The third kappa shape index (κ3) is 6.14. The van der Waals surface area contributed by atoms with E-state index in [1.54, 1.807) is 59.2 Å². The highest BCUT2D eigenvalue weighted by Crippen LogP contribution is 2.14. The van der Waals surface area contributed by atoms with Gasteiger partial charge in [-0.05, 0) is 71.6 Å². The maximum absolute atomic E-state index is 13.5. The predicted octanol–water partition coefficient (Wildman–Crippen LogP) is 5.54. The van der Waals surface area contributed by atoms with Crippen molar-refractivity contribution in [2.75, 3.05) is 6.54 Å². The molecule has 5 aromatic rings. The number of aromatic nitrogens is 2. The zero-order valence-corrected chi connectivity index (χ0v) is 22.5. The number of carbonyl (C=O) groups is 1. The molecule has 0 aliphatic rings. The number of nitrogens with one attached hydrogen (secondary N) is 1. The van der Waals surface area contributed by atoms with E-state index < -0.39 is 5.69 Å². The molecule has 1 amide bonds. The maximum Gasteiger partial charge on any atom is 0.332 e. The Morgan fingerprint density at radius 1 is 0.667 bits per heavy atom. The molecule has 0 radical (unpaired) electrons. The Bertz CT molecular complexity index is 1740. The smallest absolute Gasteiger partial charge is 0.332 e. The fraction of sp³-hybridized carbons (Fsp3) is 0.129. The van der Waals surface area contributed by atoms with Crippen LogP contribution >= 0.6 is 23.2 Å². The van der Waals surface area contributed by atoms with Gasteiger partial charge in [0.25, 0.3) is 11.5 Å². The van der Waals surface area contributed by atoms with Gasteiger partial charge < -0.3 is 5.32 Å². The molecule has 1 heterocycles. The molecule has 0 bridgehead atoms. The lowest BCUT2D eigenvalue weighted by Gasteiger charge is -2.15. The lowest BCUT2D eigenvalue weighted by atomic mass is 10.1. The monoisotopic (exact) mass is 557 g/mol. The summed E-state index contributed by atoms with van der Waals surface area (Å²) in [5.41, 5.74) is 3.02. The van der Waals surface area contributed by atoms with E-state index in [1.807, 2.05) is 42.5 Å². The first kappa shape index (κ1) is 26.5. The summed E-state index contributed by atoms with van der Waals surface area (Å²) in [6.45, 7) is 0.870. The third-order valence-corrected chi connectivity index (χ3v) is 7.06. The Kier molecular flexibility index (Phi) is 7.96. The van der Waals surface area contributed by atoms with E-state index >= 15 is 0 Å². The van der Waals surface area contributed by atoms with Crippen molar-refractivity contribution < 1.29 is 4.79 Å². The van der Waals surface area contributed by atoms with Crippen LogP contribution in [0.3, 0.4) is 0 Å². The summed E-state index contributed by atoms with van der Waals surface area (Å²) in [5, 5.41) is 4.66. The second-order valence-corrected chi connectivity index (χ2v) is 10.1. The van der Waals surface area contributed by atoms with Gasteiger partial charge in [-0.3, -0.25) is 18.7 Å². The summed E-state index contributed by atoms with van der Waals surface area (Å²) in [7, 11) is 0. The quantitative estimate of drug-likeness (QED) is 0.272. The summed E-state index contributed by atoms with van der Waals surface area (Å²) in [5.74, 6) is -0.191. The van der Waals surface area contributed by atoms with Crippen molar-refractivity contribution in [2.24, 2.45) is 0 Å². The number of halogens is 2. The van der Waals surface area contributed by atoms with Gasteiger partial charge in [-0.1, -0.05) is 71.7 Å². The van der Waals surface area contributed by atoms with Gasteiger partial charge in [0.05, 0.1) is 24.0 Å². The van der Waals surface area contributed by atoms with Crippen LogP contribution in [0.25, 0.3) is 10.9 Å². The number of para-hydroxylation sites is 1. The van der Waals surface area contributed by atoms with Crippen LogP contribution in [0.2, 0.25) is 10.0 Å². The molecule has 1 aromatic heterocycles. The lowest BCUT2D eigenvalue weighted by Crippen LogP contribution is -2.40. The van der Waals surface area contributed by atoms with Gasteiger partial charge in [0.2, 0.25) is 0 Å². The first-order valence-corrected chi connectivity index (χ1v) is 13.2. The average molecular weight is 558 g/mol. The third-order valence-electron chi connectivity index (χ3n) is 6.56. The zero-order chi connectivity index (χ0) is 27.4. The summed E-state index contributed by atoms with van der Waals surface area (Å²) in [6.07, 6.45) is 0.689. The molecule has 0 atom stereocenters. The normalized spacial score (nSPS) is 11.0. The summed E-state index contributed by atoms with van der Waals surface area (Å²) in [4.78, 5) is 39.4. The molecule has 196 valence electrons. The molecule has 0 saturated carbocycles. The molecule has 0 saturated heterocycles. The Balaban J connectivity index is 1.35. The lowest BCUT2D eigenvalue weighted by molar-refractivity contribution is 0.0954. The van der Waals surface area contributed by atoms with Crippen molar-refractivity contribution in [3.05, 3.63) is 150 Å². The Morgan fingerprint density at radius 3 is 1.85 bits per heavy atom. The number of benzene rings is 4. The largest absolute Gasteiger partial charge is 0.352 e. The van der Waals surface area contributed by atoms with Crippen LogP contribution in [0.1, 0.15) is 27.0 Å². The second kappa shape index (κ2) is 11.7. The molecule has 0 aliphatic carbocycles. The molecule has 0 aliphatic heterocycles. The van der Waals surface area contributed by atoms with Gasteiger partial charge in [-0.15, -0.1) is 0 Å². The standard InChI is InChI=1S/C31H25Cl2N3O3/c32-25-13-7-21(8-14-25)17-18-34-29(37)24-11-5-22(6-12-24)20-36-30(38)27-3-1-2-4-28(27)35(31(36)39)19-23-9-15-26(33)16-10-23/h1-16H,17-20H2,(H,34,37). The van der Waals surface area contributed by atoms with E-state index in [-0.39, 0.29) is 18.0 Å². The molecule has 0 unspecified atom stereocenters. The van der Waals surface area contributed by atoms with Gasteiger partial charge in [0.15, 0.2) is 0 Å². The first-order chi connectivity index (χ1) is 18.9. The van der Waals surface area contributed by atoms with Crippen LogP contribution in [0.4, 0.5) is 0 Å². The minimum atomic E-state index is -0.405. The molecule has 8 heteroatoms. The molecule has 4 aromatic carbocycles. The molecule has 0 spiro atoms. The van der Waals surface area contributed by atoms with Crippen LogP contribution < -0.4 is 16.6 Å². The Morgan fingerprint density at radius 2 is 1.21 bits per heavy atom. The van der Waals surface area contributed by atoms with Crippen molar-refractivity contribution in [3.8, 4) is 0 Å². The Labute approximate surface area is 235 Å². The summed E-state index contributed by atoms with van der Waals surface area (Å²) < 4.78 is 2.84. The highest BCUT2D eigenvalue weighted by Gasteiger charge is 2.14. The van der Waals surface area contributed by atoms with Crippen LogP contribution in [0.5, 0.6) is 0 Å². The molecular weight excluding hydrogens is 533 g/mol. The fourth-order valence-corrected chi connectivity index (χ4v) is 4.71. The van der Waals surface area contributed by atoms with Crippen LogP contribution in [0, 0.1) is 0 Å². The van der Waals surface area contributed by atoms with Crippen molar-refractivity contribution in [1.29, 1.82) is 0 Å². The minimum Gasteiger partial charge on any atom is -0.352 e. The maximum atomic E-state index is 13.5. The SMILES string of the molecule is O=C(NCCc1ccc(Cl)cc1)c1ccc(Cn2c(=O)c3ccccc3n(Cc3ccc(Cl)cc3)c2=O)cc1. The highest BCUT2D eigenvalue weighted by atomic mass is 35.5. The van der Waals surface area contributed by atoms with Crippen molar-refractivity contribution in [3.63, 3.8) is 0 Å². The molecule has 5 rings (SSSR count). The van der Waals surface area contributed by atoms with Crippen LogP contribution in [-0.4, -0.2) is 21.6 Å². The molecule has 39 heavy (non-hydrogen) atoms. The number of hydrogen-bond donors (Lipinski definition) is 1. The van der Waals surface area contributed by atoms with Gasteiger partial charge in [0, 0.05) is 22.2 Å². The van der Waals surface area contributed by atoms with E-state index in [4.69, 9.17) is 23.2 Å². The molecular formula is C31H25Cl2N3O3. The molecule has 1 N–H and O–H groups in total. The van der Waals surface area contributed by atoms with E-state index in [2.05, 4.69) is 5.32 Å². The van der Waals surface area contributed by atoms with Gasteiger partial charge in [0.1, 0.15) is 0 Å². The van der Waals surface area contributed by atoms with Gasteiger partial charge in [-0.25, -0.2) is 4.79 Å². The number of fused-ring (bicyclic) bond motifs is 1. The molecule has 0 fully saturated rings. The summed E-state index contributed by atoms with van der Waals surface area (Å²) in [6, 6.07) is 28.8. The number of hydrogen-bond acceptors (Lipinski definition) is 3. The number of amides is 1. The summed E-state index contributed by atoms with van der Waals surface area (Å²) >= 11 is 11.9. The first-order valence-electron chi connectivity index (χ1n) is 12.5. The van der Waals surface area contributed by atoms with Crippen LogP contribution in [0.15, 0.2) is 107 Å². The van der Waals surface area contributed by atoms with Crippen molar-refractivity contribution in [2.45, 2.75) is 19.5 Å². The van der Waals surface area contributed by atoms with E-state index in [1.165, 1.54) is 4.57 Å². The molecule has 6 nitrogen and oxygen atoms in total.